The molecule has 31 heavy (non-hydrogen) atoms. The van der Waals surface area contributed by atoms with Crippen LogP contribution in [0.25, 0.3) is 12.2 Å². The molecule has 9 heteroatoms. The Morgan fingerprint density at radius 1 is 0.935 bits per heavy atom. The second-order valence-electron chi connectivity index (χ2n) is 6.80. The van der Waals surface area contributed by atoms with Crippen LogP contribution in [0.5, 0.6) is 0 Å². The van der Waals surface area contributed by atoms with Gasteiger partial charge in [-0.15, -0.1) is 24.8 Å². The van der Waals surface area contributed by atoms with Crippen LogP contribution in [0.1, 0.15) is 21.7 Å². The van der Waals surface area contributed by atoms with Crippen molar-refractivity contribution in [1.29, 1.82) is 0 Å². The highest BCUT2D eigenvalue weighted by atomic mass is 35.5. The summed E-state index contributed by atoms with van der Waals surface area (Å²) in [6.45, 7) is 3.72. The molecule has 0 bridgehead atoms. The molecule has 3 rings (SSSR count). The van der Waals surface area contributed by atoms with Gasteiger partial charge >= 0.3 is 0 Å². The molecule has 1 aromatic carbocycles. The van der Waals surface area contributed by atoms with E-state index in [0.29, 0.717) is 17.0 Å². The van der Waals surface area contributed by atoms with Crippen LogP contribution in [0.4, 0.5) is 5.69 Å². The van der Waals surface area contributed by atoms with Crippen LogP contribution in [0.3, 0.4) is 0 Å². The minimum Gasteiger partial charge on any atom is -0.368 e. The van der Waals surface area contributed by atoms with E-state index in [1.54, 1.807) is 24.3 Å². The van der Waals surface area contributed by atoms with Gasteiger partial charge in [0.05, 0.1) is 11.4 Å². The van der Waals surface area contributed by atoms with E-state index in [1.165, 1.54) is 23.7 Å². The fraction of sp³-hybridized carbons (Fsp3) is 0.227. The summed E-state index contributed by atoms with van der Waals surface area (Å²) < 4.78 is 0. The van der Waals surface area contributed by atoms with Crippen molar-refractivity contribution < 1.29 is 14.8 Å². The third kappa shape index (κ3) is 7.48. The van der Waals surface area contributed by atoms with E-state index < -0.39 is 5.91 Å². The van der Waals surface area contributed by atoms with Crippen LogP contribution in [-0.4, -0.2) is 60.0 Å². The summed E-state index contributed by atoms with van der Waals surface area (Å²) in [6, 6.07) is 12.9. The number of pyridine rings is 1. The van der Waals surface area contributed by atoms with E-state index in [4.69, 9.17) is 5.21 Å². The minimum atomic E-state index is -0.636. The Kier molecular flexibility index (Phi) is 10.9. The first-order chi connectivity index (χ1) is 14.1. The number of aromatic nitrogens is 1. The van der Waals surface area contributed by atoms with Crippen molar-refractivity contribution in [3.63, 3.8) is 0 Å². The molecule has 1 aliphatic rings. The lowest BCUT2D eigenvalue weighted by molar-refractivity contribution is -0.124. The predicted octanol–water partition coefficient (Wildman–Crippen LogP) is 3.09. The Hall–Kier alpha value is -2.71. The molecule has 0 radical (unpaired) electrons. The lowest BCUT2D eigenvalue weighted by atomic mass is 10.1. The number of rotatable bonds is 6. The first kappa shape index (κ1) is 26.3. The number of carbonyl (C=O) groups excluding carboxylic acids is 2. The first-order valence-corrected chi connectivity index (χ1v) is 9.41. The third-order valence-corrected chi connectivity index (χ3v) is 4.73. The molecule has 0 spiro atoms. The highest BCUT2D eigenvalue weighted by Crippen LogP contribution is 2.22. The first-order valence-electron chi connectivity index (χ1n) is 9.41. The summed E-state index contributed by atoms with van der Waals surface area (Å²) in [6.07, 6.45) is 5.83. The van der Waals surface area contributed by atoms with Gasteiger partial charge in [-0.05, 0) is 49.5 Å². The molecule has 0 aliphatic carbocycles. The van der Waals surface area contributed by atoms with E-state index in [9.17, 15) is 9.59 Å². The van der Waals surface area contributed by atoms with Gasteiger partial charge in [-0.1, -0.05) is 18.2 Å². The normalized spacial score (nSPS) is 14.2. The van der Waals surface area contributed by atoms with Crippen LogP contribution in [0.2, 0.25) is 0 Å². The molecular weight excluding hydrogens is 439 g/mol. The molecule has 0 atom stereocenters. The second-order valence-corrected chi connectivity index (χ2v) is 6.80. The van der Waals surface area contributed by atoms with Crippen molar-refractivity contribution in [2.24, 2.45) is 0 Å². The van der Waals surface area contributed by atoms with Crippen molar-refractivity contribution in [2.75, 3.05) is 38.1 Å². The van der Waals surface area contributed by atoms with Gasteiger partial charge in [0.2, 0.25) is 0 Å². The third-order valence-electron chi connectivity index (χ3n) is 4.73. The number of allylic oxidation sites excluding steroid dienone is 1. The SMILES string of the molecule is CN1CCN(c2ccccc2C(=O)/C=C/c2cccc(/C=C/C(=O)NO)n2)CC1.Cl.Cl. The zero-order valence-electron chi connectivity index (χ0n) is 17.1. The van der Waals surface area contributed by atoms with Crippen molar-refractivity contribution in [3.8, 4) is 0 Å². The molecule has 166 valence electrons. The summed E-state index contributed by atoms with van der Waals surface area (Å²) in [5.74, 6) is -0.717. The summed E-state index contributed by atoms with van der Waals surface area (Å²) in [5, 5.41) is 8.52. The Morgan fingerprint density at radius 2 is 1.55 bits per heavy atom. The summed E-state index contributed by atoms with van der Waals surface area (Å²) in [5.41, 5.74) is 4.29. The maximum Gasteiger partial charge on any atom is 0.267 e. The highest BCUT2D eigenvalue weighted by molar-refractivity contribution is 6.10. The number of ketones is 1. The maximum atomic E-state index is 12.8. The molecule has 1 aliphatic heterocycles. The highest BCUT2D eigenvalue weighted by Gasteiger charge is 2.18. The largest absolute Gasteiger partial charge is 0.368 e. The second kappa shape index (κ2) is 12.9. The number of hydrogen-bond acceptors (Lipinski definition) is 6. The number of halogens is 2. The van der Waals surface area contributed by atoms with Crippen molar-refractivity contribution >= 4 is 54.3 Å². The molecule has 1 saturated heterocycles. The smallest absolute Gasteiger partial charge is 0.267 e. The molecule has 0 unspecified atom stereocenters. The van der Waals surface area contributed by atoms with Crippen molar-refractivity contribution in [2.45, 2.75) is 0 Å². The topological polar surface area (TPSA) is 85.8 Å². The van der Waals surface area contributed by atoms with Gasteiger partial charge in [-0.2, -0.15) is 0 Å². The Balaban J connectivity index is 0.00000240. The quantitative estimate of drug-likeness (QED) is 0.295. The lowest BCUT2D eigenvalue weighted by Crippen LogP contribution is -2.44. The number of carbonyl (C=O) groups is 2. The monoisotopic (exact) mass is 464 g/mol. The van der Waals surface area contributed by atoms with Gasteiger partial charge < -0.3 is 9.80 Å². The van der Waals surface area contributed by atoms with Crippen LogP contribution in [0, 0.1) is 0 Å². The standard InChI is InChI=1S/C22H24N4O3.2ClH/c1-25-13-15-26(16-14-25)20-8-3-2-7-19(20)21(27)11-9-17-5-4-6-18(23-17)10-12-22(28)24-29;;/h2-12,29H,13-16H2,1H3,(H,24,28);2*1H/b11-9+,12-10+;;. The number of amides is 1. The summed E-state index contributed by atoms with van der Waals surface area (Å²) >= 11 is 0. The van der Waals surface area contributed by atoms with E-state index in [1.807, 2.05) is 24.3 Å². The van der Waals surface area contributed by atoms with Gasteiger partial charge in [0.1, 0.15) is 0 Å². The van der Waals surface area contributed by atoms with Crippen molar-refractivity contribution in [3.05, 3.63) is 71.6 Å². The predicted molar refractivity (Wildman–Crippen MR) is 127 cm³/mol. The van der Waals surface area contributed by atoms with Crippen LogP contribution >= 0.6 is 24.8 Å². The molecule has 2 N–H and O–H groups in total. The molecule has 7 nitrogen and oxygen atoms in total. The van der Waals surface area contributed by atoms with Gasteiger partial charge in [0.15, 0.2) is 5.78 Å². The molecule has 2 heterocycles. The zero-order valence-corrected chi connectivity index (χ0v) is 18.7. The van der Waals surface area contributed by atoms with Gasteiger partial charge in [-0.25, -0.2) is 10.5 Å². The molecule has 1 fully saturated rings. The van der Waals surface area contributed by atoms with Gasteiger partial charge in [0.25, 0.3) is 5.91 Å². The zero-order chi connectivity index (χ0) is 20.6. The molecule has 2 aromatic rings. The average Bonchev–Trinajstić information content (AvgIpc) is 2.76. The number of nitrogens with one attached hydrogen (secondary N) is 1. The lowest BCUT2D eigenvalue weighted by Gasteiger charge is -2.34. The van der Waals surface area contributed by atoms with Crippen LogP contribution in [0.15, 0.2) is 54.6 Å². The Bertz CT molecular complexity index is 942. The number of hydroxylamine groups is 1. The Labute approximate surface area is 194 Å². The number of anilines is 1. The van der Waals surface area contributed by atoms with Gasteiger partial charge in [-0.3, -0.25) is 14.8 Å². The van der Waals surface area contributed by atoms with E-state index >= 15 is 0 Å². The van der Waals surface area contributed by atoms with Crippen LogP contribution < -0.4 is 10.4 Å². The fourth-order valence-electron chi connectivity index (χ4n) is 3.11. The summed E-state index contributed by atoms with van der Waals surface area (Å²) in [4.78, 5) is 32.8. The van der Waals surface area contributed by atoms with E-state index in [2.05, 4.69) is 21.8 Å². The number of piperazine rings is 1. The molecule has 0 saturated carbocycles. The number of hydrogen-bond donors (Lipinski definition) is 2. The molecule has 1 amide bonds. The van der Waals surface area contributed by atoms with Crippen molar-refractivity contribution in [1.82, 2.24) is 15.4 Å². The average molecular weight is 465 g/mol. The maximum absolute atomic E-state index is 12.8. The molecule has 1 aromatic heterocycles. The van der Waals surface area contributed by atoms with E-state index in [0.717, 1.165) is 31.9 Å². The Morgan fingerprint density at radius 3 is 2.19 bits per heavy atom. The minimum absolute atomic E-state index is 0. The fourth-order valence-corrected chi connectivity index (χ4v) is 3.11. The number of benzene rings is 1. The number of para-hydroxylation sites is 1. The van der Waals surface area contributed by atoms with Gasteiger partial charge in [0, 0.05) is 43.5 Å². The summed E-state index contributed by atoms with van der Waals surface area (Å²) in [7, 11) is 2.10. The number of likely N-dealkylation sites (N-methyl/N-ethyl adjacent to an activating group) is 1. The number of nitrogens with zero attached hydrogens (tertiary/aromatic N) is 3. The van der Waals surface area contributed by atoms with E-state index in [-0.39, 0.29) is 30.6 Å². The molecular formula is C22H26Cl2N4O3. The van der Waals surface area contributed by atoms with Crippen LogP contribution in [-0.2, 0) is 4.79 Å².